The number of ether oxygens (including phenoxy) is 1. The molecule has 1 heterocycles. The van der Waals surface area contributed by atoms with Gasteiger partial charge in [-0.15, -0.1) is 10.2 Å². The molecule has 0 aliphatic rings. The second kappa shape index (κ2) is 7.93. The molecule has 3 aromatic carbocycles. The van der Waals surface area contributed by atoms with Crippen LogP contribution in [0.1, 0.15) is 11.1 Å². The van der Waals surface area contributed by atoms with E-state index in [0.29, 0.717) is 27.5 Å². The van der Waals surface area contributed by atoms with Crippen LogP contribution in [0.2, 0.25) is 5.02 Å². The zero-order valence-electron chi connectivity index (χ0n) is 16.0. The van der Waals surface area contributed by atoms with Crippen LogP contribution in [-0.4, -0.2) is 27.5 Å². The Labute approximate surface area is 173 Å². The van der Waals surface area contributed by atoms with Crippen molar-refractivity contribution in [2.75, 3.05) is 11.9 Å². The van der Waals surface area contributed by atoms with Crippen molar-refractivity contribution in [3.8, 4) is 11.4 Å². The van der Waals surface area contributed by atoms with Crippen LogP contribution in [0.15, 0.2) is 60.7 Å². The van der Waals surface area contributed by atoms with Gasteiger partial charge < -0.3 is 10.1 Å². The van der Waals surface area contributed by atoms with Crippen LogP contribution >= 0.6 is 11.6 Å². The summed E-state index contributed by atoms with van der Waals surface area (Å²) in [6, 6.07) is 18.8. The Balaban J connectivity index is 1.49. The quantitative estimate of drug-likeness (QED) is 0.521. The van der Waals surface area contributed by atoms with E-state index in [0.717, 1.165) is 16.8 Å². The van der Waals surface area contributed by atoms with Gasteiger partial charge in [0.1, 0.15) is 16.8 Å². The largest absolute Gasteiger partial charge is 0.483 e. The summed E-state index contributed by atoms with van der Waals surface area (Å²) >= 11 is 6.33. The number of halogens is 1. The number of rotatable bonds is 5. The minimum absolute atomic E-state index is 0.116. The minimum Gasteiger partial charge on any atom is -0.483 e. The highest BCUT2D eigenvalue weighted by atomic mass is 35.5. The molecule has 0 radical (unpaired) electrons. The van der Waals surface area contributed by atoms with Gasteiger partial charge >= 0.3 is 0 Å². The van der Waals surface area contributed by atoms with Crippen molar-refractivity contribution < 1.29 is 9.53 Å². The van der Waals surface area contributed by atoms with Crippen molar-refractivity contribution in [3.63, 3.8) is 0 Å². The predicted molar refractivity (Wildman–Crippen MR) is 114 cm³/mol. The molecule has 0 spiro atoms. The van der Waals surface area contributed by atoms with Crippen molar-refractivity contribution in [3.05, 3.63) is 76.8 Å². The number of hydrogen-bond acceptors (Lipinski definition) is 4. The molecule has 29 heavy (non-hydrogen) atoms. The molecule has 146 valence electrons. The number of nitrogens with one attached hydrogen (secondary N) is 1. The molecule has 1 aromatic heterocycles. The molecular formula is C22H19ClN4O2. The van der Waals surface area contributed by atoms with Gasteiger partial charge in [0.15, 0.2) is 6.61 Å². The molecule has 0 bridgehead atoms. The fourth-order valence-corrected chi connectivity index (χ4v) is 3.21. The third-order valence-electron chi connectivity index (χ3n) is 4.42. The van der Waals surface area contributed by atoms with Crippen LogP contribution in [-0.2, 0) is 4.79 Å². The molecular weight excluding hydrogens is 388 g/mol. The maximum absolute atomic E-state index is 12.3. The molecule has 6 nitrogen and oxygen atoms in total. The summed E-state index contributed by atoms with van der Waals surface area (Å²) in [6.45, 7) is 3.84. The molecule has 0 saturated carbocycles. The van der Waals surface area contributed by atoms with Crippen molar-refractivity contribution in [2.24, 2.45) is 0 Å². The van der Waals surface area contributed by atoms with E-state index in [1.54, 1.807) is 12.1 Å². The van der Waals surface area contributed by atoms with E-state index in [-0.39, 0.29) is 12.5 Å². The van der Waals surface area contributed by atoms with E-state index in [2.05, 4.69) is 15.5 Å². The van der Waals surface area contributed by atoms with Gasteiger partial charge in [-0.3, -0.25) is 4.79 Å². The number of amides is 1. The molecule has 0 aliphatic heterocycles. The van der Waals surface area contributed by atoms with Crippen molar-refractivity contribution in [2.45, 2.75) is 13.8 Å². The fraction of sp³-hybridized carbons (Fsp3) is 0.136. The number of para-hydroxylation sites is 1. The lowest BCUT2D eigenvalue weighted by molar-refractivity contribution is -0.118. The minimum atomic E-state index is -0.304. The van der Waals surface area contributed by atoms with E-state index in [1.165, 1.54) is 4.80 Å². The van der Waals surface area contributed by atoms with Gasteiger partial charge in [-0.05, 0) is 49.7 Å². The number of hydrogen-bond donors (Lipinski definition) is 1. The van der Waals surface area contributed by atoms with Gasteiger partial charge in [0.05, 0.1) is 16.4 Å². The van der Waals surface area contributed by atoms with E-state index in [1.807, 2.05) is 62.4 Å². The number of anilines is 1. The first-order valence-electron chi connectivity index (χ1n) is 9.11. The Morgan fingerprint density at radius 2 is 1.76 bits per heavy atom. The van der Waals surface area contributed by atoms with Crippen LogP contribution in [0.5, 0.6) is 5.75 Å². The summed E-state index contributed by atoms with van der Waals surface area (Å²) in [5.41, 5.74) is 4.70. The first-order valence-corrected chi connectivity index (χ1v) is 9.49. The van der Waals surface area contributed by atoms with Crippen LogP contribution in [0.4, 0.5) is 5.69 Å². The first-order chi connectivity index (χ1) is 14.0. The zero-order valence-corrected chi connectivity index (χ0v) is 16.8. The Hall–Kier alpha value is -3.38. The molecule has 0 fully saturated rings. The lowest BCUT2D eigenvalue weighted by atomic mass is 10.1. The summed E-state index contributed by atoms with van der Waals surface area (Å²) < 4.78 is 5.63. The molecule has 0 atom stereocenters. The Morgan fingerprint density at radius 1 is 1.03 bits per heavy atom. The fourth-order valence-electron chi connectivity index (χ4n) is 3.00. The van der Waals surface area contributed by atoms with E-state index >= 15 is 0 Å². The Bertz CT molecular complexity index is 1190. The summed E-state index contributed by atoms with van der Waals surface area (Å²) in [4.78, 5) is 13.9. The Morgan fingerprint density at radius 3 is 2.48 bits per heavy atom. The summed E-state index contributed by atoms with van der Waals surface area (Å²) in [7, 11) is 0. The van der Waals surface area contributed by atoms with Crippen LogP contribution < -0.4 is 10.1 Å². The average molecular weight is 407 g/mol. The standard InChI is InChI=1S/C22H19ClN4O2/c1-14-8-9-21(15(2)10-14)29-13-22(28)24-18-12-20-19(11-17(18)23)25-27(26-20)16-6-4-3-5-7-16/h3-12H,13H2,1-2H3,(H,24,28). The maximum Gasteiger partial charge on any atom is 0.262 e. The molecule has 1 amide bonds. The van der Waals surface area contributed by atoms with E-state index < -0.39 is 0 Å². The normalized spacial score (nSPS) is 10.9. The van der Waals surface area contributed by atoms with Crippen molar-refractivity contribution >= 4 is 34.2 Å². The third-order valence-corrected chi connectivity index (χ3v) is 4.73. The summed E-state index contributed by atoms with van der Waals surface area (Å²) in [5, 5.41) is 12.1. The molecule has 0 saturated heterocycles. The SMILES string of the molecule is Cc1ccc(OCC(=O)Nc2cc3nn(-c4ccccc4)nc3cc2Cl)c(C)c1. The lowest BCUT2D eigenvalue weighted by Crippen LogP contribution is -2.20. The van der Waals surface area contributed by atoms with Crippen molar-refractivity contribution in [1.82, 2.24) is 15.0 Å². The maximum atomic E-state index is 12.3. The first kappa shape index (κ1) is 19.0. The third kappa shape index (κ3) is 4.22. The van der Waals surface area contributed by atoms with Gasteiger partial charge in [-0.2, -0.15) is 4.80 Å². The molecule has 4 rings (SSSR count). The number of aromatic nitrogens is 3. The van der Waals surface area contributed by atoms with Gasteiger partial charge in [0, 0.05) is 0 Å². The summed E-state index contributed by atoms with van der Waals surface area (Å²) in [5.74, 6) is 0.375. The highest BCUT2D eigenvalue weighted by Gasteiger charge is 2.12. The monoisotopic (exact) mass is 406 g/mol. The second-order valence-corrected chi connectivity index (χ2v) is 7.16. The number of carbonyl (C=O) groups excluding carboxylic acids is 1. The van der Waals surface area contributed by atoms with E-state index in [9.17, 15) is 4.79 Å². The van der Waals surface area contributed by atoms with Gasteiger partial charge in [0.25, 0.3) is 5.91 Å². The molecule has 7 heteroatoms. The van der Waals surface area contributed by atoms with Gasteiger partial charge in [0.2, 0.25) is 0 Å². The second-order valence-electron chi connectivity index (χ2n) is 6.75. The predicted octanol–water partition coefficient (Wildman–Crippen LogP) is 4.71. The number of nitrogens with zero attached hydrogens (tertiary/aromatic N) is 3. The van der Waals surface area contributed by atoms with Crippen LogP contribution in [0.3, 0.4) is 0 Å². The van der Waals surface area contributed by atoms with Crippen LogP contribution in [0.25, 0.3) is 16.7 Å². The highest BCUT2D eigenvalue weighted by molar-refractivity contribution is 6.34. The average Bonchev–Trinajstić information content (AvgIpc) is 3.11. The van der Waals surface area contributed by atoms with Crippen molar-refractivity contribution in [1.29, 1.82) is 0 Å². The highest BCUT2D eigenvalue weighted by Crippen LogP contribution is 2.27. The molecule has 0 unspecified atom stereocenters. The smallest absolute Gasteiger partial charge is 0.262 e. The van der Waals surface area contributed by atoms with Gasteiger partial charge in [-0.1, -0.05) is 47.5 Å². The lowest BCUT2D eigenvalue weighted by Gasteiger charge is -2.11. The molecule has 1 N–H and O–H groups in total. The number of benzene rings is 3. The van der Waals surface area contributed by atoms with E-state index in [4.69, 9.17) is 16.3 Å². The van der Waals surface area contributed by atoms with Crippen LogP contribution in [0, 0.1) is 13.8 Å². The Kier molecular flexibility index (Phi) is 5.18. The molecule has 0 aliphatic carbocycles. The zero-order chi connectivity index (χ0) is 20.4. The summed E-state index contributed by atoms with van der Waals surface area (Å²) in [6.07, 6.45) is 0. The topological polar surface area (TPSA) is 69.0 Å². The number of carbonyl (C=O) groups is 1. The van der Waals surface area contributed by atoms with Gasteiger partial charge in [-0.25, -0.2) is 0 Å². The number of fused-ring (bicyclic) bond motifs is 1. The number of aryl methyl sites for hydroxylation is 2. The molecule has 4 aromatic rings.